The summed E-state index contributed by atoms with van der Waals surface area (Å²) in [5.74, 6) is 0.432. The molecule has 0 atom stereocenters. The van der Waals surface area contributed by atoms with Crippen LogP contribution in [0.2, 0.25) is 5.02 Å². The molecule has 0 saturated carbocycles. The van der Waals surface area contributed by atoms with Crippen molar-refractivity contribution in [2.24, 2.45) is 0 Å². The van der Waals surface area contributed by atoms with Gasteiger partial charge in [-0.15, -0.1) is 5.10 Å². The molecule has 6 heteroatoms. The summed E-state index contributed by atoms with van der Waals surface area (Å²) in [5.41, 5.74) is 8.19. The van der Waals surface area contributed by atoms with Gasteiger partial charge < -0.3 is 5.73 Å². The average Bonchev–Trinajstić information content (AvgIpc) is 2.82. The van der Waals surface area contributed by atoms with E-state index in [9.17, 15) is 0 Å². The number of para-hydroxylation sites is 1. The Morgan fingerprint density at radius 2 is 1.95 bits per heavy atom. The zero-order chi connectivity index (χ0) is 13.2. The van der Waals surface area contributed by atoms with Crippen molar-refractivity contribution in [3.8, 4) is 16.9 Å². The average molecular weight is 272 g/mol. The molecule has 0 radical (unpaired) electrons. The first-order valence-electron chi connectivity index (χ1n) is 5.64. The Labute approximate surface area is 114 Å². The Morgan fingerprint density at radius 3 is 2.68 bits per heavy atom. The van der Waals surface area contributed by atoms with Crippen molar-refractivity contribution in [3.05, 3.63) is 53.8 Å². The second kappa shape index (κ2) is 4.70. The van der Waals surface area contributed by atoms with E-state index in [1.165, 1.54) is 4.68 Å². The number of nitrogen functional groups attached to an aromatic ring is 1. The predicted molar refractivity (Wildman–Crippen MR) is 74.0 cm³/mol. The molecule has 0 aliphatic carbocycles. The maximum Gasteiger partial charge on any atom is 0.156 e. The van der Waals surface area contributed by atoms with Gasteiger partial charge in [0, 0.05) is 18.0 Å². The summed E-state index contributed by atoms with van der Waals surface area (Å²) in [7, 11) is 0. The highest BCUT2D eigenvalue weighted by Gasteiger charge is 2.14. The van der Waals surface area contributed by atoms with Crippen LogP contribution in [0.1, 0.15) is 0 Å². The SMILES string of the molecule is Nc1c(-c2cccnc2)nnn1-c1ccccc1Cl. The number of anilines is 1. The van der Waals surface area contributed by atoms with Gasteiger partial charge in [-0.25, -0.2) is 0 Å². The highest BCUT2D eigenvalue weighted by molar-refractivity contribution is 6.32. The van der Waals surface area contributed by atoms with Crippen LogP contribution in [0.15, 0.2) is 48.8 Å². The molecule has 0 aliphatic rings. The van der Waals surface area contributed by atoms with Crippen molar-refractivity contribution in [3.63, 3.8) is 0 Å². The summed E-state index contributed by atoms with van der Waals surface area (Å²) >= 11 is 6.13. The van der Waals surface area contributed by atoms with Crippen LogP contribution < -0.4 is 5.73 Å². The van der Waals surface area contributed by atoms with Gasteiger partial charge in [-0.05, 0) is 24.3 Å². The van der Waals surface area contributed by atoms with Gasteiger partial charge in [0.2, 0.25) is 0 Å². The summed E-state index contributed by atoms with van der Waals surface area (Å²) in [6.07, 6.45) is 3.38. The predicted octanol–water partition coefficient (Wildman–Crippen LogP) is 2.56. The van der Waals surface area contributed by atoms with Crippen LogP contribution in [-0.2, 0) is 0 Å². The number of pyridine rings is 1. The number of hydrogen-bond donors (Lipinski definition) is 1. The molecule has 0 bridgehead atoms. The summed E-state index contributed by atoms with van der Waals surface area (Å²) in [5, 5.41) is 8.71. The molecule has 0 unspecified atom stereocenters. The minimum atomic E-state index is 0.432. The summed E-state index contributed by atoms with van der Waals surface area (Å²) in [4.78, 5) is 4.04. The zero-order valence-electron chi connectivity index (χ0n) is 9.86. The van der Waals surface area contributed by atoms with E-state index < -0.39 is 0 Å². The quantitative estimate of drug-likeness (QED) is 0.778. The van der Waals surface area contributed by atoms with Crippen LogP contribution in [0.4, 0.5) is 5.82 Å². The fraction of sp³-hybridized carbons (Fsp3) is 0. The van der Waals surface area contributed by atoms with Gasteiger partial charge in [-0.3, -0.25) is 4.98 Å². The third-order valence-electron chi connectivity index (χ3n) is 2.72. The van der Waals surface area contributed by atoms with E-state index in [1.807, 2.05) is 30.3 Å². The van der Waals surface area contributed by atoms with Crippen LogP contribution in [0.3, 0.4) is 0 Å². The van der Waals surface area contributed by atoms with Crippen molar-refractivity contribution in [2.45, 2.75) is 0 Å². The first-order valence-corrected chi connectivity index (χ1v) is 6.01. The lowest BCUT2D eigenvalue weighted by atomic mass is 10.2. The van der Waals surface area contributed by atoms with E-state index in [0.717, 1.165) is 5.56 Å². The minimum absolute atomic E-state index is 0.432. The minimum Gasteiger partial charge on any atom is -0.382 e. The number of nitrogens with zero attached hydrogens (tertiary/aromatic N) is 4. The number of rotatable bonds is 2. The van der Waals surface area contributed by atoms with Gasteiger partial charge in [0.1, 0.15) is 5.69 Å². The molecular formula is C13H10ClN5. The lowest BCUT2D eigenvalue weighted by molar-refractivity contribution is 0.810. The molecule has 5 nitrogen and oxygen atoms in total. The number of nitrogens with two attached hydrogens (primary N) is 1. The molecule has 94 valence electrons. The number of halogens is 1. The molecule has 2 N–H and O–H groups in total. The first kappa shape index (κ1) is 11.7. The maximum atomic E-state index is 6.13. The van der Waals surface area contributed by atoms with Gasteiger partial charge in [0.05, 0.1) is 10.7 Å². The molecule has 3 rings (SSSR count). The molecule has 3 aromatic rings. The standard InChI is InChI=1S/C13H10ClN5/c14-10-5-1-2-6-11(10)19-13(15)12(17-18-19)9-4-3-7-16-8-9/h1-8H,15H2. The Morgan fingerprint density at radius 1 is 1.11 bits per heavy atom. The Balaban J connectivity index is 2.12. The molecule has 0 fully saturated rings. The third-order valence-corrected chi connectivity index (χ3v) is 3.04. The second-order valence-corrected chi connectivity index (χ2v) is 4.34. The highest BCUT2D eigenvalue weighted by Crippen LogP contribution is 2.27. The van der Waals surface area contributed by atoms with E-state index in [2.05, 4.69) is 15.3 Å². The number of hydrogen-bond acceptors (Lipinski definition) is 4. The Hall–Kier alpha value is -2.40. The van der Waals surface area contributed by atoms with E-state index in [1.54, 1.807) is 18.5 Å². The molecule has 0 spiro atoms. The molecule has 0 aliphatic heterocycles. The van der Waals surface area contributed by atoms with Crippen LogP contribution in [0.25, 0.3) is 16.9 Å². The fourth-order valence-electron chi connectivity index (χ4n) is 1.80. The Kier molecular flexibility index (Phi) is 2.89. The zero-order valence-corrected chi connectivity index (χ0v) is 10.6. The van der Waals surface area contributed by atoms with E-state index in [-0.39, 0.29) is 0 Å². The fourth-order valence-corrected chi connectivity index (χ4v) is 2.01. The Bertz CT molecular complexity index is 708. The van der Waals surface area contributed by atoms with Crippen molar-refractivity contribution in [1.29, 1.82) is 0 Å². The topological polar surface area (TPSA) is 69.6 Å². The molecule has 19 heavy (non-hydrogen) atoms. The number of benzene rings is 1. The van der Waals surface area contributed by atoms with Crippen molar-refractivity contribution >= 4 is 17.4 Å². The monoisotopic (exact) mass is 271 g/mol. The van der Waals surface area contributed by atoms with E-state index in [4.69, 9.17) is 17.3 Å². The summed E-state index contributed by atoms with van der Waals surface area (Å²) in [6, 6.07) is 11.0. The molecule has 2 aromatic heterocycles. The van der Waals surface area contributed by atoms with Crippen LogP contribution in [-0.4, -0.2) is 20.0 Å². The van der Waals surface area contributed by atoms with Crippen LogP contribution >= 0.6 is 11.6 Å². The van der Waals surface area contributed by atoms with Gasteiger partial charge in [0.15, 0.2) is 5.82 Å². The van der Waals surface area contributed by atoms with Gasteiger partial charge in [-0.1, -0.05) is 28.9 Å². The van der Waals surface area contributed by atoms with E-state index >= 15 is 0 Å². The first-order chi connectivity index (χ1) is 9.27. The largest absolute Gasteiger partial charge is 0.382 e. The highest BCUT2D eigenvalue weighted by atomic mass is 35.5. The van der Waals surface area contributed by atoms with Crippen LogP contribution in [0.5, 0.6) is 0 Å². The van der Waals surface area contributed by atoms with Crippen molar-refractivity contribution in [2.75, 3.05) is 5.73 Å². The number of aromatic nitrogens is 4. The van der Waals surface area contributed by atoms with Gasteiger partial charge in [-0.2, -0.15) is 4.68 Å². The lowest BCUT2D eigenvalue weighted by Crippen LogP contribution is -2.02. The van der Waals surface area contributed by atoms with E-state index in [0.29, 0.717) is 22.2 Å². The van der Waals surface area contributed by atoms with Gasteiger partial charge in [0.25, 0.3) is 0 Å². The summed E-state index contributed by atoms with van der Waals surface area (Å²) < 4.78 is 1.52. The third kappa shape index (κ3) is 2.04. The van der Waals surface area contributed by atoms with Gasteiger partial charge >= 0.3 is 0 Å². The molecule has 1 aromatic carbocycles. The van der Waals surface area contributed by atoms with Crippen molar-refractivity contribution < 1.29 is 0 Å². The molecule has 2 heterocycles. The molecular weight excluding hydrogens is 262 g/mol. The second-order valence-electron chi connectivity index (χ2n) is 3.93. The summed E-state index contributed by atoms with van der Waals surface area (Å²) in [6.45, 7) is 0. The van der Waals surface area contributed by atoms with Crippen LogP contribution in [0, 0.1) is 0 Å². The van der Waals surface area contributed by atoms with Crippen molar-refractivity contribution in [1.82, 2.24) is 20.0 Å². The smallest absolute Gasteiger partial charge is 0.156 e. The molecule has 0 amide bonds. The normalized spacial score (nSPS) is 10.6. The lowest BCUT2D eigenvalue weighted by Gasteiger charge is -2.05. The maximum absolute atomic E-state index is 6.13. The molecule has 0 saturated heterocycles.